The molecule has 0 radical (unpaired) electrons. The molecule has 0 spiro atoms. The minimum atomic E-state index is 0.433. The fourth-order valence-corrected chi connectivity index (χ4v) is 2.04. The van der Waals surface area contributed by atoms with Crippen molar-refractivity contribution in [3.05, 3.63) is 52.9 Å². The van der Waals surface area contributed by atoms with Gasteiger partial charge in [-0.2, -0.15) is 0 Å². The van der Waals surface area contributed by atoms with Gasteiger partial charge in [0.05, 0.1) is 11.9 Å². The van der Waals surface area contributed by atoms with E-state index in [0.717, 1.165) is 29.6 Å². The fraction of sp³-hybridized carbons (Fsp3) is 0.375. The number of nitrogens with one attached hydrogen (secondary N) is 1. The maximum atomic E-state index is 5.90. The maximum Gasteiger partial charge on any atom is 0.147 e. The van der Waals surface area contributed by atoms with Gasteiger partial charge in [-0.1, -0.05) is 37.6 Å². The molecule has 0 saturated heterocycles. The van der Waals surface area contributed by atoms with E-state index in [1.54, 1.807) is 12.4 Å². The van der Waals surface area contributed by atoms with E-state index in [1.165, 1.54) is 5.56 Å². The summed E-state index contributed by atoms with van der Waals surface area (Å²) in [5.41, 5.74) is 2.14. The van der Waals surface area contributed by atoms with Crippen LogP contribution < -0.4 is 10.2 Å². The molecule has 0 fully saturated rings. The standard InChI is InChI=1S/C16H21ClN4/c1-12(2)19-9-15-8-18-10-16(20-15)21(3)11-13-4-6-14(17)7-5-13/h4-8,10,12,19H,9,11H2,1-3H3. The molecule has 0 aliphatic rings. The van der Waals surface area contributed by atoms with Crippen LogP contribution in [0.1, 0.15) is 25.1 Å². The molecule has 5 heteroatoms. The van der Waals surface area contributed by atoms with E-state index in [9.17, 15) is 0 Å². The first kappa shape index (κ1) is 15.7. The van der Waals surface area contributed by atoms with E-state index in [-0.39, 0.29) is 0 Å². The number of halogens is 1. The summed E-state index contributed by atoms with van der Waals surface area (Å²) in [7, 11) is 2.01. The summed E-state index contributed by atoms with van der Waals surface area (Å²) in [6.45, 7) is 5.73. The van der Waals surface area contributed by atoms with E-state index < -0.39 is 0 Å². The van der Waals surface area contributed by atoms with Gasteiger partial charge in [0.25, 0.3) is 0 Å². The van der Waals surface area contributed by atoms with E-state index in [4.69, 9.17) is 11.6 Å². The van der Waals surface area contributed by atoms with Crippen LogP contribution >= 0.6 is 11.6 Å². The topological polar surface area (TPSA) is 41.1 Å². The van der Waals surface area contributed by atoms with Crippen LogP contribution in [-0.2, 0) is 13.1 Å². The van der Waals surface area contributed by atoms with Gasteiger partial charge in [-0.05, 0) is 17.7 Å². The van der Waals surface area contributed by atoms with E-state index in [0.29, 0.717) is 6.04 Å². The van der Waals surface area contributed by atoms with Gasteiger partial charge < -0.3 is 10.2 Å². The van der Waals surface area contributed by atoms with Crippen LogP contribution in [0.3, 0.4) is 0 Å². The molecule has 0 aliphatic carbocycles. The molecule has 112 valence electrons. The number of benzene rings is 1. The van der Waals surface area contributed by atoms with Crippen LogP contribution in [0.4, 0.5) is 5.82 Å². The Balaban J connectivity index is 2.03. The molecule has 4 nitrogen and oxygen atoms in total. The Morgan fingerprint density at radius 2 is 1.90 bits per heavy atom. The Bertz CT molecular complexity index is 569. The molecule has 2 aromatic rings. The van der Waals surface area contributed by atoms with Gasteiger partial charge in [0.2, 0.25) is 0 Å². The summed E-state index contributed by atoms with van der Waals surface area (Å²) in [6.07, 6.45) is 3.59. The first-order valence-electron chi connectivity index (χ1n) is 7.04. The average molecular weight is 305 g/mol. The Morgan fingerprint density at radius 3 is 2.57 bits per heavy atom. The van der Waals surface area contributed by atoms with Crippen LogP contribution in [0.5, 0.6) is 0 Å². The van der Waals surface area contributed by atoms with Crippen molar-refractivity contribution in [3.8, 4) is 0 Å². The summed E-state index contributed by atoms with van der Waals surface area (Å²) >= 11 is 5.90. The first-order valence-corrected chi connectivity index (χ1v) is 7.42. The number of rotatable bonds is 6. The third-order valence-electron chi connectivity index (χ3n) is 3.09. The number of anilines is 1. The highest BCUT2D eigenvalue weighted by molar-refractivity contribution is 6.30. The molecule has 1 heterocycles. The minimum Gasteiger partial charge on any atom is -0.354 e. The van der Waals surface area contributed by atoms with Crippen molar-refractivity contribution in [2.75, 3.05) is 11.9 Å². The molecule has 1 N–H and O–H groups in total. The van der Waals surface area contributed by atoms with Crippen molar-refractivity contribution in [1.29, 1.82) is 0 Å². The third-order valence-corrected chi connectivity index (χ3v) is 3.34. The van der Waals surface area contributed by atoms with Crippen LogP contribution in [0.25, 0.3) is 0 Å². The van der Waals surface area contributed by atoms with E-state index in [2.05, 4.69) is 34.0 Å². The molecule has 0 atom stereocenters. The molecule has 0 aliphatic heterocycles. The predicted molar refractivity (Wildman–Crippen MR) is 87.6 cm³/mol. The molecule has 1 aromatic heterocycles. The second-order valence-corrected chi connectivity index (χ2v) is 5.82. The second-order valence-electron chi connectivity index (χ2n) is 5.39. The van der Waals surface area contributed by atoms with Gasteiger partial charge >= 0.3 is 0 Å². The number of aromatic nitrogens is 2. The summed E-state index contributed by atoms with van der Waals surface area (Å²) in [6, 6.07) is 8.29. The zero-order chi connectivity index (χ0) is 15.2. The first-order chi connectivity index (χ1) is 10.0. The molecule has 0 bridgehead atoms. The molecule has 0 unspecified atom stereocenters. The smallest absolute Gasteiger partial charge is 0.147 e. The normalized spacial score (nSPS) is 10.9. The average Bonchev–Trinajstić information content (AvgIpc) is 2.48. The Morgan fingerprint density at radius 1 is 1.19 bits per heavy atom. The Hall–Kier alpha value is -1.65. The lowest BCUT2D eigenvalue weighted by atomic mass is 10.2. The van der Waals surface area contributed by atoms with Crippen LogP contribution in [0.2, 0.25) is 5.02 Å². The van der Waals surface area contributed by atoms with Crippen molar-refractivity contribution in [3.63, 3.8) is 0 Å². The quantitative estimate of drug-likeness (QED) is 0.889. The lowest BCUT2D eigenvalue weighted by molar-refractivity contribution is 0.580. The van der Waals surface area contributed by atoms with Crippen molar-refractivity contribution >= 4 is 17.4 Å². The predicted octanol–water partition coefficient (Wildman–Crippen LogP) is 3.26. The fourth-order valence-electron chi connectivity index (χ4n) is 1.92. The van der Waals surface area contributed by atoms with Gasteiger partial charge in [0, 0.05) is 37.4 Å². The highest BCUT2D eigenvalue weighted by Crippen LogP contribution is 2.14. The summed E-state index contributed by atoms with van der Waals surface area (Å²) in [5.74, 6) is 0.869. The maximum absolute atomic E-state index is 5.90. The number of hydrogen-bond donors (Lipinski definition) is 1. The SMILES string of the molecule is CC(C)NCc1cncc(N(C)Cc2ccc(Cl)cc2)n1. The molecule has 0 amide bonds. The van der Waals surface area contributed by atoms with E-state index >= 15 is 0 Å². The van der Waals surface area contributed by atoms with Crippen molar-refractivity contribution in [1.82, 2.24) is 15.3 Å². The van der Waals surface area contributed by atoms with Crippen molar-refractivity contribution in [2.45, 2.75) is 33.0 Å². The van der Waals surface area contributed by atoms with Gasteiger partial charge in [0.1, 0.15) is 5.82 Å². The number of hydrogen-bond acceptors (Lipinski definition) is 4. The Kier molecular flexibility index (Phi) is 5.53. The minimum absolute atomic E-state index is 0.433. The van der Waals surface area contributed by atoms with Crippen LogP contribution in [0, 0.1) is 0 Å². The molecule has 21 heavy (non-hydrogen) atoms. The largest absolute Gasteiger partial charge is 0.354 e. The summed E-state index contributed by atoms with van der Waals surface area (Å²) in [5, 5.41) is 4.10. The van der Waals surface area contributed by atoms with Crippen LogP contribution in [-0.4, -0.2) is 23.1 Å². The second kappa shape index (κ2) is 7.38. The lowest BCUT2D eigenvalue weighted by Gasteiger charge is -2.18. The zero-order valence-electron chi connectivity index (χ0n) is 12.7. The summed E-state index contributed by atoms with van der Waals surface area (Å²) < 4.78 is 0. The number of nitrogens with zero attached hydrogens (tertiary/aromatic N) is 3. The Labute approximate surface area is 131 Å². The van der Waals surface area contributed by atoms with Gasteiger partial charge in [-0.15, -0.1) is 0 Å². The van der Waals surface area contributed by atoms with Crippen molar-refractivity contribution < 1.29 is 0 Å². The lowest BCUT2D eigenvalue weighted by Crippen LogP contribution is -2.23. The molecular weight excluding hydrogens is 284 g/mol. The van der Waals surface area contributed by atoms with Gasteiger partial charge in [-0.25, -0.2) is 4.98 Å². The molecule has 0 saturated carbocycles. The summed E-state index contributed by atoms with van der Waals surface area (Å²) in [4.78, 5) is 11.0. The van der Waals surface area contributed by atoms with Gasteiger partial charge in [-0.3, -0.25) is 4.98 Å². The van der Waals surface area contributed by atoms with Crippen molar-refractivity contribution in [2.24, 2.45) is 0 Å². The van der Waals surface area contributed by atoms with Gasteiger partial charge in [0.15, 0.2) is 0 Å². The zero-order valence-corrected chi connectivity index (χ0v) is 13.4. The monoisotopic (exact) mass is 304 g/mol. The highest BCUT2D eigenvalue weighted by Gasteiger charge is 2.06. The molecule has 2 rings (SSSR count). The molecular formula is C16H21ClN4. The van der Waals surface area contributed by atoms with E-state index in [1.807, 2.05) is 31.3 Å². The highest BCUT2D eigenvalue weighted by atomic mass is 35.5. The molecule has 1 aromatic carbocycles. The van der Waals surface area contributed by atoms with Crippen LogP contribution in [0.15, 0.2) is 36.7 Å². The third kappa shape index (κ3) is 4.99.